The van der Waals surface area contributed by atoms with E-state index in [1.54, 1.807) is 6.20 Å². The van der Waals surface area contributed by atoms with Gasteiger partial charge >= 0.3 is 0 Å². The van der Waals surface area contributed by atoms with Gasteiger partial charge in [-0.05, 0) is 49.5 Å². The zero-order valence-electron chi connectivity index (χ0n) is 15.9. The molecule has 0 amide bonds. The molecule has 0 aliphatic rings. The lowest BCUT2D eigenvalue weighted by molar-refractivity contribution is 0.402. The van der Waals surface area contributed by atoms with Crippen LogP contribution in [0.15, 0.2) is 54.7 Å². The summed E-state index contributed by atoms with van der Waals surface area (Å²) in [6.45, 7) is 0.939. The van der Waals surface area contributed by atoms with Crippen LogP contribution in [0.3, 0.4) is 0 Å². The fraction of sp³-hybridized carbons (Fsp3) is 0.136. The summed E-state index contributed by atoms with van der Waals surface area (Å²) in [5, 5.41) is 8.60. The third kappa shape index (κ3) is 3.92. The van der Waals surface area contributed by atoms with Gasteiger partial charge in [0.1, 0.15) is 0 Å². The van der Waals surface area contributed by atoms with Gasteiger partial charge in [0.2, 0.25) is 5.95 Å². The number of benzene rings is 2. The van der Waals surface area contributed by atoms with Crippen LogP contribution in [0.2, 0.25) is 0 Å². The van der Waals surface area contributed by atoms with E-state index >= 15 is 0 Å². The Hall–Kier alpha value is -3.51. The molecule has 6 nitrogen and oxygen atoms in total. The molecule has 0 fully saturated rings. The number of nitrogen functional groups attached to an aromatic ring is 1. The number of aromatic amines is 1. The van der Waals surface area contributed by atoms with Crippen LogP contribution in [0.25, 0.3) is 34.3 Å². The van der Waals surface area contributed by atoms with E-state index in [-0.39, 0.29) is 5.95 Å². The van der Waals surface area contributed by atoms with Crippen molar-refractivity contribution in [3.63, 3.8) is 0 Å². The fourth-order valence-electron chi connectivity index (χ4n) is 3.14. The summed E-state index contributed by atoms with van der Waals surface area (Å²) in [4.78, 5) is 10.4. The molecule has 0 atom stereocenters. The average molecular weight is 370 g/mol. The Labute approximate surface area is 163 Å². The highest BCUT2D eigenvalue weighted by molar-refractivity contribution is 5.91. The number of nitrogens with one attached hydrogen (secondary N) is 1. The van der Waals surface area contributed by atoms with Crippen molar-refractivity contribution in [1.29, 1.82) is 0 Å². The molecule has 4 aromatic rings. The Bertz CT molecular complexity index is 1130. The number of hydrogen-bond acceptors (Lipinski definition) is 5. The van der Waals surface area contributed by atoms with Gasteiger partial charge in [-0.3, -0.25) is 5.10 Å². The molecule has 2 heterocycles. The molecule has 28 heavy (non-hydrogen) atoms. The summed E-state index contributed by atoms with van der Waals surface area (Å²) >= 11 is 0. The number of hydrogen-bond donors (Lipinski definition) is 2. The SMILES string of the molecule is CN(C)Cc1ccc(/C=C/c2n[nH]c3cc(-c4ccnc(N)n4)ccc23)cc1. The second-order valence-corrected chi connectivity index (χ2v) is 6.98. The zero-order valence-corrected chi connectivity index (χ0v) is 15.9. The number of fused-ring (bicyclic) bond motifs is 1. The molecule has 0 aliphatic heterocycles. The largest absolute Gasteiger partial charge is 0.368 e. The topological polar surface area (TPSA) is 83.7 Å². The smallest absolute Gasteiger partial charge is 0.220 e. The van der Waals surface area contributed by atoms with Crippen LogP contribution < -0.4 is 5.73 Å². The van der Waals surface area contributed by atoms with Gasteiger partial charge in [-0.2, -0.15) is 5.10 Å². The average Bonchev–Trinajstić information content (AvgIpc) is 3.09. The van der Waals surface area contributed by atoms with Crippen LogP contribution in [0, 0.1) is 0 Å². The molecule has 2 aromatic heterocycles. The highest BCUT2D eigenvalue weighted by atomic mass is 15.1. The van der Waals surface area contributed by atoms with E-state index in [1.165, 1.54) is 5.56 Å². The molecule has 6 heteroatoms. The normalized spacial score (nSPS) is 11.7. The maximum Gasteiger partial charge on any atom is 0.220 e. The highest BCUT2D eigenvalue weighted by Gasteiger charge is 2.07. The van der Waals surface area contributed by atoms with Crippen molar-refractivity contribution in [2.45, 2.75) is 6.54 Å². The van der Waals surface area contributed by atoms with E-state index in [0.29, 0.717) is 0 Å². The van der Waals surface area contributed by atoms with Gasteiger partial charge in [-0.1, -0.05) is 36.4 Å². The molecule has 2 aromatic carbocycles. The second-order valence-electron chi connectivity index (χ2n) is 6.98. The number of nitrogens with zero attached hydrogens (tertiary/aromatic N) is 4. The summed E-state index contributed by atoms with van der Waals surface area (Å²) < 4.78 is 0. The number of H-pyrrole nitrogens is 1. The molecule has 0 radical (unpaired) electrons. The highest BCUT2D eigenvalue weighted by Crippen LogP contribution is 2.25. The van der Waals surface area contributed by atoms with Gasteiger partial charge in [-0.25, -0.2) is 9.97 Å². The van der Waals surface area contributed by atoms with Gasteiger partial charge in [0.05, 0.1) is 16.9 Å². The molecule has 0 saturated heterocycles. The van der Waals surface area contributed by atoms with Crippen LogP contribution in [-0.2, 0) is 6.54 Å². The Morgan fingerprint density at radius 2 is 1.86 bits per heavy atom. The molecular formula is C22H22N6. The molecule has 0 saturated carbocycles. The zero-order chi connectivity index (χ0) is 19.5. The van der Waals surface area contributed by atoms with Crippen molar-refractivity contribution in [1.82, 2.24) is 25.1 Å². The van der Waals surface area contributed by atoms with Gasteiger partial charge in [-0.15, -0.1) is 0 Å². The second kappa shape index (κ2) is 7.62. The van der Waals surface area contributed by atoms with Crippen LogP contribution in [0.1, 0.15) is 16.8 Å². The molecule has 0 aliphatic carbocycles. The molecule has 3 N–H and O–H groups in total. The molecule has 4 rings (SSSR count). The third-order valence-electron chi connectivity index (χ3n) is 4.47. The first-order valence-corrected chi connectivity index (χ1v) is 9.07. The lowest BCUT2D eigenvalue weighted by Gasteiger charge is -2.09. The molecule has 140 valence electrons. The first kappa shape index (κ1) is 17.9. The lowest BCUT2D eigenvalue weighted by Crippen LogP contribution is -2.10. The number of nitrogens with two attached hydrogens (primary N) is 1. The monoisotopic (exact) mass is 370 g/mol. The van der Waals surface area contributed by atoms with E-state index in [0.717, 1.165) is 40.0 Å². The number of rotatable bonds is 5. The quantitative estimate of drug-likeness (QED) is 0.558. The molecule has 0 bridgehead atoms. The summed E-state index contributed by atoms with van der Waals surface area (Å²) in [6.07, 6.45) is 5.77. The van der Waals surface area contributed by atoms with E-state index in [9.17, 15) is 0 Å². The van der Waals surface area contributed by atoms with Gasteiger partial charge in [0.15, 0.2) is 0 Å². The Morgan fingerprint density at radius 3 is 2.61 bits per heavy atom. The van der Waals surface area contributed by atoms with Crippen molar-refractivity contribution >= 4 is 29.0 Å². The predicted octanol–water partition coefficient (Wildman–Crippen LogP) is 3.83. The Kier molecular flexibility index (Phi) is 4.87. The minimum absolute atomic E-state index is 0.266. The van der Waals surface area contributed by atoms with Gasteiger partial charge in [0, 0.05) is 23.7 Å². The van der Waals surface area contributed by atoms with Crippen molar-refractivity contribution in [2.75, 3.05) is 19.8 Å². The maximum atomic E-state index is 5.69. The van der Waals surface area contributed by atoms with Gasteiger partial charge in [0.25, 0.3) is 0 Å². The standard InChI is InChI=1S/C22H22N6/c1-28(2)14-16-5-3-15(4-6-16)7-10-20-18-9-8-17(13-21(18)27-26-20)19-11-12-24-22(23)25-19/h3-13H,14H2,1-2H3,(H,26,27)(H2,23,24,25)/b10-7+. The first-order valence-electron chi connectivity index (χ1n) is 9.07. The Morgan fingerprint density at radius 1 is 1.04 bits per heavy atom. The minimum atomic E-state index is 0.266. The summed E-state index contributed by atoms with van der Waals surface area (Å²) in [5.41, 5.74) is 11.7. The molecule has 0 unspecified atom stereocenters. The van der Waals surface area contributed by atoms with Crippen LogP contribution >= 0.6 is 0 Å². The van der Waals surface area contributed by atoms with E-state index < -0.39 is 0 Å². The fourth-order valence-corrected chi connectivity index (χ4v) is 3.14. The van der Waals surface area contributed by atoms with Crippen molar-refractivity contribution in [3.05, 3.63) is 71.5 Å². The van der Waals surface area contributed by atoms with Crippen LogP contribution in [0.5, 0.6) is 0 Å². The van der Waals surface area contributed by atoms with Crippen molar-refractivity contribution in [3.8, 4) is 11.3 Å². The Balaban J connectivity index is 1.57. The van der Waals surface area contributed by atoms with E-state index in [4.69, 9.17) is 5.73 Å². The van der Waals surface area contributed by atoms with Crippen LogP contribution in [0.4, 0.5) is 5.95 Å². The van der Waals surface area contributed by atoms with Crippen molar-refractivity contribution < 1.29 is 0 Å². The van der Waals surface area contributed by atoms with E-state index in [1.807, 2.05) is 30.3 Å². The predicted molar refractivity (Wildman–Crippen MR) is 114 cm³/mol. The van der Waals surface area contributed by atoms with E-state index in [2.05, 4.69) is 69.5 Å². The third-order valence-corrected chi connectivity index (χ3v) is 4.47. The minimum Gasteiger partial charge on any atom is -0.368 e. The summed E-state index contributed by atoms with van der Waals surface area (Å²) in [5.74, 6) is 0.266. The van der Waals surface area contributed by atoms with Crippen LogP contribution in [-0.4, -0.2) is 39.2 Å². The first-order chi connectivity index (χ1) is 13.6. The maximum absolute atomic E-state index is 5.69. The van der Waals surface area contributed by atoms with Crippen molar-refractivity contribution in [2.24, 2.45) is 0 Å². The lowest BCUT2D eigenvalue weighted by atomic mass is 10.1. The summed E-state index contributed by atoms with van der Waals surface area (Å²) in [7, 11) is 4.14. The van der Waals surface area contributed by atoms with Gasteiger partial charge < -0.3 is 10.6 Å². The molecule has 0 spiro atoms. The summed E-state index contributed by atoms with van der Waals surface area (Å²) in [6, 6.07) is 16.5. The number of aromatic nitrogens is 4. The number of anilines is 1. The molecular weight excluding hydrogens is 348 g/mol.